The maximum absolute atomic E-state index is 4.90. The first-order valence-corrected chi connectivity index (χ1v) is 8.96. The highest BCUT2D eigenvalue weighted by molar-refractivity contribution is 7.09. The average Bonchev–Trinajstić information content (AvgIpc) is 2.80. The molecule has 0 aliphatic carbocycles. The lowest BCUT2D eigenvalue weighted by Gasteiger charge is -2.40. The number of piperazine rings is 1. The molecule has 1 saturated heterocycles. The number of para-hydroxylation sites is 2. The first-order chi connectivity index (χ1) is 11.0. The van der Waals surface area contributed by atoms with Crippen LogP contribution >= 0.6 is 11.3 Å². The molecule has 0 bridgehead atoms. The number of rotatable bonds is 1. The van der Waals surface area contributed by atoms with Gasteiger partial charge >= 0.3 is 0 Å². The lowest BCUT2D eigenvalue weighted by molar-refractivity contribution is -0.894. The topological polar surface area (TPSA) is 27.6 Å². The molecule has 23 heavy (non-hydrogen) atoms. The van der Waals surface area contributed by atoms with Gasteiger partial charge < -0.3 is 14.7 Å². The van der Waals surface area contributed by atoms with E-state index < -0.39 is 0 Å². The fraction of sp³-hybridized carbons (Fsp3) is 0.389. The summed E-state index contributed by atoms with van der Waals surface area (Å²) in [4.78, 5) is 8.70. The smallest absolute Gasteiger partial charge is 0.127 e. The van der Waals surface area contributed by atoms with E-state index in [1.165, 1.54) is 29.0 Å². The van der Waals surface area contributed by atoms with Gasteiger partial charge in [-0.25, -0.2) is 4.99 Å². The molecule has 0 atom stereocenters. The third-order valence-corrected chi connectivity index (χ3v) is 5.68. The molecule has 1 fully saturated rings. The van der Waals surface area contributed by atoms with Gasteiger partial charge in [-0.3, -0.25) is 0 Å². The van der Waals surface area contributed by atoms with Gasteiger partial charge in [-0.05, 0) is 25.1 Å². The number of fused-ring (bicyclic) bond motifs is 2. The Morgan fingerprint density at radius 1 is 1.17 bits per heavy atom. The van der Waals surface area contributed by atoms with Crippen molar-refractivity contribution in [2.75, 3.05) is 45.6 Å². The van der Waals surface area contributed by atoms with E-state index in [-0.39, 0.29) is 0 Å². The summed E-state index contributed by atoms with van der Waals surface area (Å²) in [6.45, 7) is 6.65. The van der Waals surface area contributed by atoms with Gasteiger partial charge in [0.25, 0.3) is 0 Å². The number of thiophene rings is 1. The fourth-order valence-corrected chi connectivity index (χ4v) is 4.11. The number of benzene rings is 1. The molecule has 2 aromatic rings. The second-order valence-corrected chi connectivity index (χ2v) is 8.28. The van der Waals surface area contributed by atoms with Crippen LogP contribution in [-0.4, -0.2) is 49.7 Å². The first-order valence-electron chi connectivity index (χ1n) is 8.14. The molecule has 1 aromatic carbocycles. The van der Waals surface area contributed by atoms with Crippen LogP contribution < -0.4 is 15.2 Å². The monoisotopic (exact) mass is 327 g/mol. The third kappa shape index (κ3) is 2.75. The molecule has 4 rings (SSSR count). The number of quaternary nitrogens is 1. The van der Waals surface area contributed by atoms with Crippen molar-refractivity contribution in [2.24, 2.45) is 4.99 Å². The van der Waals surface area contributed by atoms with Crippen molar-refractivity contribution in [1.29, 1.82) is 0 Å². The molecule has 4 nitrogen and oxygen atoms in total. The molecule has 5 heteroatoms. The molecular formula is C18H23N4S+. The van der Waals surface area contributed by atoms with Gasteiger partial charge in [0.2, 0.25) is 0 Å². The van der Waals surface area contributed by atoms with Crippen LogP contribution in [-0.2, 0) is 0 Å². The van der Waals surface area contributed by atoms with Crippen molar-refractivity contribution in [3.8, 4) is 0 Å². The molecule has 0 saturated carbocycles. The van der Waals surface area contributed by atoms with Gasteiger partial charge in [-0.2, -0.15) is 0 Å². The van der Waals surface area contributed by atoms with E-state index in [1.54, 1.807) is 11.3 Å². The zero-order chi connectivity index (χ0) is 16.0. The van der Waals surface area contributed by atoms with Gasteiger partial charge in [-0.15, -0.1) is 11.3 Å². The van der Waals surface area contributed by atoms with Crippen LogP contribution in [0.25, 0.3) is 5.82 Å². The van der Waals surface area contributed by atoms with E-state index in [9.17, 15) is 0 Å². The number of aryl methyl sites for hydroxylation is 1. The second-order valence-electron chi connectivity index (χ2n) is 7.05. The summed E-state index contributed by atoms with van der Waals surface area (Å²) in [5.41, 5.74) is 2.13. The lowest BCUT2D eigenvalue weighted by atomic mass is 10.2. The zero-order valence-corrected chi connectivity index (χ0v) is 14.8. The van der Waals surface area contributed by atoms with Crippen molar-refractivity contribution < 1.29 is 4.48 Å². The highest BCUT2D eigenvalue weighted by atomic mass is 32.1. The van der Waals surface area contributed by atoms with Crippen LogP contribution in [0.5, 0.6) is 0 Å². The number of likely N-dealkylation sites (N-methyl/N-ethyl adjacent to an activating group) is 1. The fourth-order valence-electron chi connectivity index (χ4n) is 3.22. The normalized spacial score (nSPS) is 19.3. The lowest BCUT2D eigenvalue weighted by Crippen LogP contribution is -2.55. The summed E-state index contributed by atoms with van der Waals surface area (Å²) in [7, 11) is 4.63. The maximum Gasteiger partial charge on any atom is 0.127 e. The van der Waals surface area contributed by atoms with Crippen molar-refractivity contribution >= 4 is 28.5 Å². The minimum absolute atomic E-state index is 1.03. The zero-order valence-electron chi connectivity index (χ0n) is 14.0. The number of anilines is 1. The third-order valence-electron chi connectivity index (χ3n) is 4.74. The number of nitrogens with one attached hydrogen (secondary N) is 1. The Morgan fingerprint density at radius 2 is 1.91 bits per heavy atom. The highest BCUT2D eigenvalue weighted by Gasteiger charge is 2.27. The standard InChI is InChI=1S/C18H23N4S/c1-13-12-14-17(21-8-10-22(2,3)11-9-21)19-15-6-4-5-7-16(15)20-18(14)23-13/h4-7,12,19H,8-11H2,1-3H3/q+1. The Bertz CT molecular complexity index is 855. The maximum atomic E-state index is 4.90. The molecule has 3 heterocycles. The van der Waals surface area contributed by atoms with E-state index in [2.05, 4.69) is 61.6 Å². The van der Waals surface area contributed by atoms with Crippen molar-refractivity contribution in [1.82, 2.24) is 4.90 Å². The highest BCUT2D eigenvalue weighted by Crippen LogP contribution is 2.28. The second kappa shape index (κ2) is 5.35. The van der Waals surface area contributed by atoms with E-state index in [4.69, 9.17) is 4.99 Å². The Labute approximate surface area is 141 Å². The van der Waals surface area contributed by atoms with Crippen LogP contribution in [0.2, 0.25) is 0 Å². The van der Waals surface area contributed by atoms with Crippen LogP contribution in [0.3, 0.4) is 0 Å². The SMILES string of the molecule is Cc1cc2c(s1)=Nc1ccccc1NC=2N1CC[N+](C)(C)CC1. The van der Waals surface area contributed by atoms with Gasteiger partial charge in [0.1, 0.15) is 10.5 Å². The molecule has 0 spiro atoms. The summed E-state index contributed by atoms with van der Waals surface area (Å²) in [5, 5.41) is 4.92. The Balaban J connectivity index is 1.83. The van der Waals surface area contributed by atoms with E-state index in [1.807, 2.05) is 0 Å². The molecule has 0 unspecified atom stereocenters. The molecule has 2 aliphatic heterocycles. The van der Waals surface area contributed by atoms with Crippen LogP contribution in [0.1, 0.15) is 4.88 Å². The Morgan fingerprint density at radius 3 is 2.70 bits per heavy atom. The van der Waals surface area contributed by atoms with Gasteiger partial charge in [0.05, 0.1) is 56.9 Å². The number of hydrogen-bond donors (Lipinski definition) is 1. The molecule has 2 aliphatic rings. The quantitative estimate of drug-likeness (QED) is 0.810. The average molecular weight is 327 g/mol. The minimum atomic E-state index is 1.03. The van der Waals surface area contributed by atoms with Crippen molar-refractivity contribution in [3.63, 3.8) is 0 Å². The van der Waals surface area contributed by atoms with Crippen LogP contribution in [0.15, 0.2) is 35.3 Å². The molecule has 0 amide bonds. The van der Waals surface area contributed by atoms with Gasteiger partial charge in [-0.1, -0.05) is 12.1 Å². The number of nitrogens with zero attached hydrogens (tertiary/aromatic N) is 3. The summed E-state index contributed by atoms with van der Waals surface area (Å²) in [6.07, 6.45) is 0. The largest absolute Gasteiger partial charge is 0.346 e. The first kappa shape index (κ1) is 14.7. The summed E-state index contributed by atoms with van der Waals surface area (Å²) < 4.78 is 2.22. The van der Waals surface area contributed by atoms with Gasteiger partial charge in [0.15, 0.2) is 0 Å². The van der Waals surface area contributed by atoms with E-state index >= 15 is 0 Å². The summed E-state index contributed by atoms with van der Waals surface area (Å²) in [5.74, 6) is 1.22. The molecule has 1 aromatic heterocycles. The minimum Gasteiger partial charge on any atom is -0.346 e. The van der Waals surface area contributed by atoms with Crippen LogP contribution in [0.4, 0.5) is 11.4 Å². The molecular weight excluding hydrogens is 304 g/mol. The van der Waals surface area contributed by atoms with E-state index in [0.717, 1.165) is 33.6 Å². The Kier molecular flexibility index (Phi) is 3.43. The molecule has 120 valence electrons. The van der Waals surface area contributed by atoms with Crippen molar-refractivity contribution in [2.45, 2.75) is 6.92 Å². The Hall–Kier alpha value is -1.85. The molecule has 0 radical (unpaired) electrons. The predicted molar refractivity (Wildman–Crippen MR) is 96.4 cm³/mol. The predicted octanol–water partition coefficient (Wildman–Crippen LogP) is 1.89. The number of hydrogen-bond acceptors (Lipinski definition) is 4. The molecule has 1 N–H and O–H groups in total. The van der Waals surface area contributed by atoms with E-state index in [0.29, 0.717) is 0 Å². The summed E-state index contributed by atoms with van der Waals surface area (Å²) in [6, 6.07) is 10.6. The summed E-state index contributed by atoms with van der Waals surface area (Å²) >= 11 is 1.78. The van der Waals surface area contributed by atoms with Gasteiger partial charge in [0, 0.05) is 4.88 Å². The van der Waals surface area contributed by atoms with Crippen molar-refractivity contribution in [3.05, 3.63) is 45.1 Å². The van der Waals surface area contributed by atoms with Crippen LogP contribution in [0, 0.1) is 6.92 Å².